The quantitative estimate of drug-likeness (QED) is 0.470. The maximum atomic E-state index is 11.1. The second-order valence-corrected chi connectivity index (χ2v) is 4.04. The van der Waals surface area contributed by atoms with Gasteiger partial charge in [-0.15, -0.1) is 0 Å². The summed E-state index contributed by atoms with van der Waals surface area (Å²) in [7, 11) is 0. The number of carbonyl (C=O) groups excluding carboxylic acids is 1. The molecule has 0 heterocycles. The Morgan fingerprint density at radius 2 is 1.53 bits per heavy atom. The third-order valence-electron chi connectivity index (χ3n) is 2.44. The van der Waals surface area contributed by atoms with Gasteiger partial charge in [0.15, 0.2) is 0 Å². The average molecular weight is 268 g/mol. The molecule has 2 N–H and O–H groups in total. The Bertz CT molecular complexity index is 210. The normalized spacial score (nSPS) is 9.47. The van der Waals surface area contributed by atoms with Crippen molar-refractivity contribution >= 4 is 63.3 Å². The fourth-order valence-electron chi connectivity index (χ4n) is 1.51. The molecular formula is C12H23KNO3. The Labute approximate surface area is 146 Å². The molecule has 17 heavy (non-hydrogen) atoms. The summed E-state index contributed by atoms with van der Waals surface area (Å²) in [5.74, 6) is -1.15. The van der Waals surface area contributed by atoms with Gasteiger partial charge in [0, 0.05) is 57.8 Å². The zero-order valence-corrected chi connectivity index (χ0v) is 14.3. The van der Waals surface area contributed by atoms with Crippen molar-refractivity contribution < 1.29 is 14.7 Å². The number of rotatable bonds is 10. The number of aliphatic carboxylic acids is 1. The van der Waals surface area contributed by atoms with Gasteiger partial charge in [0.2, 0.25) is 5.91 Å². The van der Waals surface area contributed by atoms with Crippen LogP contribution in [0.1, 0.15) is 58.3 Å². The smallest absolute Gasteiger partial charge is 0.322 e. The molecule has 0 aliphatic heterocycles. The second kappa shape index (κ2) is 14.6. The largest absolute Gasteiger partial charge is 0.480 e. The Morgan fingerprint density at radius 1 is 1.00 bits per heavy atom. The molecule has 5 heteroatoms. The van der Waals surface area contributed by atoms with Crippen LogP contribution >= 0.6 is 0 Å². The van der Waals surface area contributed by atoms with E-state index in [2.05, 4.69) is 12.2 Å². The van der Waals surface area contributed by atoms with E-state index in [1.54, 1.807) is 0 Å². The van der Waals surface area contributed by atoms with Gasteiger partial charge in [-0.2, -0.15) is 0 Å². The van der Waals surface area contributed by atoms with Gasteiger partial charge in [0.25, 0.3) is 0 Å². The molecule has 0 aliphatic rings. The molecule has 0 atom stereocenters. The number of nitrogens with one attached hydrogen (secondary N) is 1. The zero-order valence-electron chi connectivity index (χ0n) is 11.1. The van der Waals surface area contributed by atoms with E-state index in [-0.39, 0.29) is 63.8 Å². The molecule has 0 aromatic heterocycles. The summed E-state index contributed by atoms with van der Waals surface area (Å²) in [6, 6.07) is 0. The number of carboxylic acids is 1. The number of unbranched alkanes of at least 4 members (excludes halogenated alkanes) is 6. The molecule has 1 amide bonds. The van der Waals surface area contributed by atoms with E-state index in [9.17, 15) is 9.59 Å². The first-order valence-corrected chi connectivity index (χ1v) is 6.15. The van der Waals surface area contributed by atoms with Crippen LogP contribution in [-0.2, 0) is 9.59 Å². The molecule has 0 aromatic rings. The minimum absolute atomic E-state index is 0. The molecule has 0 aliphatic carbocycles. The van der Waals surface area contributed by atoms with Gasteiger partial charge in [-0.1, -0.05) is 45.4 Å². The average Bonchev–Trinajstić information content (AvgIpc) is 2.25. The van der Waals surface area contributed by atoms with Crippen LogP contribution in [-0.4, -0.2) is 74.9 Å². The number of carbonyl (C=O) groups is 2. The van der Waals surface area contributed by atoms with E-state index in [1.807, 2.05) is 0 Å². The molecule has 0 spiro atoms. The van der Waals surface area contributed by atoms with Crippen molar-refractivity contribution in [2.45, 2.75) is 58.3 Å². The molecule has 0 saturated carbocycles. The molecule has 0 fully saturated rings. The summed E-state index contributed by atoms with van der Waals surface area (Å²) in [5, 5.41) is 10.7. The van der Waals surface area contributed by atoms with Crippen molar-refractivity contribution in [3.63, 3.8) is 0 Å². The van der Waals surface area contributed by atoms with Crippen LogP contribution in [0.3, 0.4) is 0 Å². The number of hydrogen-bond donors (Lipinski definition) is 2. The van der Waals surface area contributed by atoms with Crippen LogP contribution in [0.5, 0.6) is 0 Å². The van der Waals surface area contributed by atoms with Crippen molar-refractivity contribution in [2.24, 2.45) is 0 Å². The molecule has 95 valence electrons. The van der Waals surface area contributed by atoms with Crippen LogP contribution in [0, 0.1) is 0 Å². The van der Waals surface area contributed by atoms with Crippen LogP contribution in [0.2, 0.25) is 0 Å². The van der Waals surface area contributed by atoms with Crippen LogP contribution < -0.4 is 5.32 Å². The molecule has 0 unspecified atom stereocenters. The predicted molar refractivity (Wildman–Crippen MR) is 69.0 cm³/mol. The molecule has 0 rings (SSSR count). The molecule has 4 nitrogen and oxygen atoms in total. The van der Waals surface area contributed by atoms with Gasteiger partial charge < -0.3 is 10.4 Å². The van der Waals surface area contributed by atoms with E-state index >= 15 is 0 Å². The van der Waals surface area contributed by atoms with Crippen molar-refractivity contribution in [1.82, 2.24) is 5.32 Å². The van der Waals surface area contributed by atoms with Crippen molar-refractivity contribution in [3.05, 3.63) is 0 Å². The van der Waals surface area contributed by atoms with Crippen molar-refractivity contribution in [3.8, 4) is 0 Å². The first kappa shape index (κ1) is 19.9. The fraction of sp³-hybridized carbons (Fsp3) is 0.833. The topological polar surface area (TPSA) is 66.4 Å². The van der Waals surface area contributed by atoms with E-state index in [0.29, 0.717) is 6.42 Å². The third-order valence-corrected chi connectivity index (χ3v) is 2.44. The SMILES string of the molecule is CCCCCCCCCC(=O)NCC(=O)O.[K]. The predicted octanol–water partition coefficient (Wildman–Crippen LogP) is 1.95. The summed E-state index contributed by atoms with van der Waals surface area (Å²) >= 11 is 0. The number of amides is 1. The first-order chi connectivity index (χ1) is 7.66. The zero-order chi connectivity index (χ0) is 12.2. The molecule has 0 saturated heterocycles. The Balaban J connectivity index is 0. The fourth-order valence-corrected chi connectivity index (χ4v) is 1.51. The van der Waals surface area contributed by atoms with Gasteiger partial charge in [-0.25, -0.2) is 0 Å². The number of carboxylic acid groups (broad SMARTS) is 1. The standard InChI is InChI=1S/C12H23NO3.K/c1-2-3-4-5-6-7-8-9-11(14)13-10-12(15)16;/h2-10H2,1H3,(H,13,14)(H,15,16);. The maximum absolute atomic E-state index is 11.1. The minimum atomic E-state index is -0.993. The van der Waals surface area contributed by atoms with Gasteiger partial charge in [-0.3, -0.25) is 9.59 Å². The monoisotopic (exact) mass is 268 g/mol. The van der Waals surface area contributed by atoms with Gasteiger partial charge in [0.05, 0.1) is 0 Å². The third kappa shape index (κ3) is 16.6. The first-order valence-electron chi connectivity index (χ1n) is 6.15. The van der Waals surface area contributed by atoms with Crippen molar-refractivity contribution in [1.29, 1.82) is 0 Å². The summed E-state index contributed by atoms with van der Waals surface area (Å²) in [6.07, 6.45) is 8.60. The van der Waals surface area contributed by atoms with E-state index in [4.69, 9.17) is 5.11 Å². The van der Waals surface area contributed by atoms with Crippen LogP contribution in [0.25, 0.3) is 0 Å². The molecule has 0 aromatic carbocycles. The summed E-state index contributed by atoms with van der Waals surface area (Å²) in [4.78, 5) is 21.3. The van der Waals surface area contributed by atoms with E-state index < -0.39 is 5.97 Å². The van der Waals surface area contributed by atoms with Crippen LogP contribution in [0.15, 0.2) is 0 Å². The van der Waals surface area contributed by atoms with Gasteiger partial charge in [0.1, 0.15) is 6.54 Å². The Kier molecular flexibility index (Phi) is 17.1. The molecular weight excluding hydrogens is 245 g/mol. The van der Waals surface area contributed by atoms with Gasteiger partial charge >= 0.3 is 5.97 Å². The minimum Gasteiger partial charge on any atom is -0.480 e. The summed E-state index contributed by atoms with van der Waals surface area (Å²) in [5.41, 5.74) is 0. The van der Waals surface area contributed by atoms with Gasteiger partial charge in [-0.05, 0) is 6.42 Å². The van der Waals surface area contributed by atoms with E-state index in [1.165, 1.54) is 32.1 Å². The Morgan fingerprint density at radius 3 is 2.06 bits per heavy atom. The molecule has 0 bridgehead atoms. The maximum Gasteiger partial charge on any atom is 0.322 e. The van der Waals surface area contributed by atoms with Crippen LogP contribution in [0.4, 0.5) is 0 Å². The molecule has 1 radical (unpaired) electrons. The number of hydrogen-bond acceptors (Lipinski definition) is 2. The van der Waals surface area contributed by atoms with Crippen molar-refractivity contribution in [2.75, 3.05) is 6.54 Å². The Hall–Kier alpha value is 0.576. The summed E-state index contributed by atoms with van der Waals surface area (Å²) in [6.45, 7) is 1.92. The van der Waals surface area contributed by atoms with E-state index in [0.717, 1.165) is 12.8 Å². The summed E-state index contributed by atoms with van der Waals surface area (Å²) < 4.78 is 0. The second-order valence-electron chi connectivity index (χ2n) is 4.04.